The third kappa shape index (κ3) is 8.98. The van der Waals surface area contributed by atoms with E-state index in [4.69, 9.17) is 25.9 Å². The minimum atomic E-state index is -4.67. The molecule has 4 aromatic carbocycles. The van der Waals surface area contributed by atoms with E-state index < -0.39 is 38.7 Å². The monoisotopic (exact) mass is 979 g/mol. The van der Waals surface area contributed by atoms with Crippen molar-refractivity contribution in [1.29, 1.82) is 0 Å². The second-order valence-electron chi connectivity index (χ2n) is 22.4. The summed E-state index contributed by atoms with van der Waals surface area (Å²) in [6.07, 6.45) is 11.0. The van der Waals surface area contributed by atoms with E-state index in [2.05, 4.69) is 61.2 Å². The molecule has 0 spiro atoms. The number of hydrogen-bond donors (Lipinski definition) is 6. The van der Waals surface area contributed by atoms with E-state index in [0.717, 1.165) is 83.9 Å². The van der Waals surface area contributed by atoms with Gasteiger partial charge < -0.3 is 36.3 Å². The molecule has 9 aliphatic rings. The molecule has 10 bridgehead atoms. The molecule has 14 atom stereocenters. The Hall–Kier alpha value is -5.16. The highest BCUT2D eigenvalue weighted by Crippen LogP contribution is 2.59. The molecule has 13 rings (SSSR count). The summed E-state index contributed by atoms with van der Waals surface area (Å²) in [4.78, 5) is 5.24. The number of nitrogens with two attached hydrogens (primary N) is 2. The Balaban J connectivity index is 1.13. The van der Waals surface area contributed by atoms with Crippen LogP contribution in [0.2, 0.25) is 0 Å². The zero-order chi connectivity index (χ0) is 49.2. The number of hydrogen-bond acceptors (Lipinski definition) is 8. The molecule has 374 valence electrons. The van der Waals surface area contributed by atoms with Crippen molar-refractivity contribution in [2.75, 3.05) is 6.61 Å². The number of allylic oxidation sites excluding steroid dienone is 1. The molecule has 0 radical (unpaired) electrons. The lowest BCUT2D eigenvalue weighted by Gasteiger charge is -2.55. The van der Waals surface area contributed by atoms with Crippen molar-refractivity contribution in [3.05, 3.63) is 142 Å². The smallest absolute Gasteiger partial charge is 0.268 e. The van der Waals surface area contributed by atoms with Crippen molar-refractivity contribution >= 4 is 16.1 Å². The largest absolute Gasteiger partial charge is 0.508 e. The second kappa shape index (κ2) is 19.0. The van der Waals surface area contributed by atoms with Crippen molar-refractivity contribution in [1.82, 2.24) is 0 Å². The first kappa shape index (κ1) is 48.1. The molecule has 3 fully saturated rings. The fraction of sp³-hybridized carbons (Fsp3) is 0.508. The first-order chi connectivity index (χ1) is 34.2. The number of aliphatic hydroxyl groups is 2. The SMILES string of the molecule is C[C@@H]1CCc2cc3ccc2[C@H]1C[C@@H](S(=O)(=O)O)[C@H]1C=C2C[C@H](C[C@H]4C[C@@H](CO)CC#Cc5cc(O)ccc5[C@@H]2O4)[C@@H]1c1ccc(cc1)[C@](N=C(N)N)([C@H]1CC[C@H]2CCCC[C@@]2(O)[C@@H]1Cc1ccccc1)O3. The summed E-state index contributed by atoms with van der Waals surface area (Å²) in [5.74, 6) is 5.22. The molecular weight excluding hydrogens is 911 g/mol. The summed E-state index contributed by atoms with van der Waals surface area (Å²) < 4.78 is 55.1. The van der Waals surface area contributed by atoms with Crippen LogP contribution in [0.3, 0.4) is 0 Å². The number of benzene rings is 4. The summed E-state index contributed by atoms with van der Waals surface area (Å²) >= 11 is 0. The lowest BCUT2D eigenvalue weighted by Crippen LogP contribution is -2.59. The van der Waals surface area contributed by atoms with Gasteiger partial charge in [-0.15, -0.1) is 0 Å². The zero-order valence-electron chi connectivity index (χ0n) is 40.7. The van der Waals surface area contributed by atoms with Gasteiger partial charge in [-0.2, -0.15) is 8.42 Å². The Labute approximate surface area is 418 Å². The Kier molecular flexibility index (Phi) is 12.9. The van der Waals surface area contributed by atoms with Gasteiger partial charge in [-0.3, -0.25) is 4.55 Å². The van der Waals surface area contributed by atoms with Gasteiger partial charge in [-0.05, 0) is 158 Å². The number of aryl methyl sites for hydroxylation is 1. The average molecular weight is 980 g/mol. The van der Waals surface area contributed by atoms with E-state index in [1.165, 1.54) is 0 Å². The highest BCUT2D eigenvalue weighted by atomic mass is 32.2. The van der Waals surface area contributed by atoms with Gasteiger partial charge in [0.25, 0.3) is 10.1 Å². The van der Waals surface area contributed by atoms with E-state index >= 15 is 0 Å². The van der Waals surface area contributed by atoms with E-state index in [9.17, 15) is 28.3 Å². The highest BCUT2D eigenvalue weighted by molar-refractivity contribution is 7.86. The fourth-order valence-electron chi connectivity index (χ4n) is 15.0. The average Bonchev–Trinajstić information content (AvgIpc) is 3.48. The van der Waals surface area contributed by atoms with Crippen LogP contribution in [0.15, 0.2) is 108 Å². The van der Waals surface area contributed by atoms with Gasteiger partial charge in [0.2, 0.25) is 5.72 Å². The minimum Gasteiger partial charge on any atom is -0.508 e. The molecule has 71 heavy (non-hydrogen) atoms. The van der Waals surface area contributed by atoms with Crippen molar-refractivity contribution in [3.8, 4) is 23.3 Å². The summed E-state index contributed by atoms with van der Waals surface area (Å²) in [6.45, 7) is 2.12. The highest BCUT2D eigenvalue weighted by Gasteiger charge is 2.59. The lowest BCUT2D eigenvalue weighted by molar-refractivity contribution is -0.174. The number of ether oxygens (including phenoxy) is 2. The summed E-state index contributed by atoms with van der Waals surface area (Å²) in [5, 5.41) is 33.3. The number of rotatable bonds is 6. The van der Waals surface area contributed by atoms with Crippen LogP contribution in [-0.2, 0) is 33.4 Å². The predicted molar refractivity (Wildman–Crippen MR) is 274 cm³/mol. The molecular formula is C59H69N3O8S. The topological polar surface area (TPSA) is 198 Å². The third-order valence-electron chi connectivity index (χ3n) is 18.3. The number of aliphatic imine (C=N–C) groups is 1. The quantitative estimate of drug-likeness (QED) is 0.0356. The molecule has 5 aliphatic heterocycles. The maximum atomic E-state index is 14.4. The number of aliphatic hydroxyl groups excluding tert-OH is 1. The molecule has 0 amide bonds. The predicted octanol–water partition coefficient (Wildman–Crippen LogP) is 9.34. The maximum Gasteiger partial charge on any atom is 0.268 e. The van der Waals surface area contributed by atoms with Gasteiger partial charge in [0.1, 0.15) is 17.6 Å². The molecule has 0 aromatic heterocycles. The van der Waals surface area contributed by atoms with Crippen LogP contribution in [-0.4, -0.2) is 57.8 Å². The minimum absolute atomic E-state index is 0.0644. The summed E-state index contributed by atoms with van der Waals surface area (Å²) in [6, 6.07) is 29.9. The Morgan fingerprint density at radius 1 is 0.915 bits per heavy atom. The standard InChI is InChI=1S/C59H69N3O8S/c1-35-13-14-40-30-46-21-23-48(40)50(35)33-54(71(66,67)68)51-32-42-28-41(31-47-26-37(34-63)10-7-11-39-29-45(64)20-22-49(39)56(42)69-47)55(51)38-15-17-44(18-16-38)59(70-46,62-57(60)61)52-24-19-43-12-5-6-25-58(43,65)53(52)27-36-8-3-2-4-9-36/h2-4,8-9,15-18,20-23,29-30,32,35,37,41,43,47,50-56,63-65H,5-6,10,12-14,19,24-28,31,33-34H2,1H3,(H4,60,61,62)(H,66,67,68)/t35-,37+,41-,43-,47-,50+,51-,52+,53-,54-,55+,56-,58+,59-/m1/s1. The summed E-state index contributed by atoms with van der Waals surface area (Å²) in [7, 11) is -4.67. The van der Waals surface area contributed by atoms with Crippen LogP contribution in [0.25, 0.3) is 0 Å². The van der Waals surface area contributed by atoms with Crippen molar-refractivity contribution in [2.45, 2.75) is 137 Å². The maximum absolute atomic E-state index is 14.4. The van der Waals surface area contributed by atoms with Crippen molar-refractivity contribution < 1.29 is 37.8 Å². The van der Waals surface area contributed by atoms with Crippen LogP contribution in [0.4, 0.5) is 0 Å². The molecule has 4 aromatic rings. The van der Waals surface area contributed by atoms with Crippen LogP contribution in [0, 0.1) is 53.3 Å². The Morgan fingerprint density at radius 3 is 2.49 bits per heavy atom. The molecule has 1 saturated heterocycles. The van der Waals surface area contributed by atoms with Crippen LogP contribution < -0.4 is 16.2 Å². The third-order valence-corrected chi connectivity index (χ3v) is 19.6. The van der Waals surface area contributed by atoms with Crippen LogP contribution in [0.5, 0.6) is 11.5 Å². The van der Waals surface area contributed by atoms with Crippen molar-refractivity contribution in [3.63, 3.8) is 0 Å². The van der Waals surface area contributed by atoms with Gasteiger partial charge in [0.05, 0.1) is 17.0 Å². The van der Waals surface area contributed by atoms with Crippen LogP contribution in [0.1, 0.15) is 141 Å². The molecule has 2 saturated carbocycles. The molecule has 0 unspecified atom stereocenters. The lowest BCUT2D eigenvalue weighted by atomic mass is 9.54. The van der Waals surface area contributed by atoms with Gasteiger partial charge in [0.15, 0.2) is 5.96 Å². The molecule has 5 heterocycles. The number of aromatic hydroxyl groups is 1. The van der Waals surface area contributed by atoms with Gasteiger partial charge in [-0.1, -0.05) is 104 Å². The molecule has 8 N–H and O–H groups in total. The van der Waals surface area contributed by atoms with E-state index in [1.807, 2.05) is 42.5 Å². The van der Waals surface area contributed by atoms with E-state index in [1.54, 1.807) is 12.1 Å². The first-order valence-corrected chi connectivity index (χ1v) is 27.8. The molecule has 4 aliphatic carbocycles. The Bertz CT molecular complexity index is 2870. The second-order valence-corrected chi connectivity index (χ2v) is 24.0. The Morgan fingerprint density at radius 2 is 1.72 bits per heavy atom. The van der Waals surface area contributed by atoms with Gasteiger partial charge in [-0.25, -0.2) is 4.99 Å². The normalized spacial score (nSPS) is 35.2. The zero-order valence-corrected chi connectivity index (χ0v) is 41.5. The van der Waals surface area contributed by atoms with Crippen molar-refractivity contribution in [2.24, 2.45) is 57.9 Å². The van der Waals surface area contributed by atoms with Gasteiger partial charge in [0, 0.05) is 47.5 Å². The fourth-order valence-corrected chi connectivity index (χ4v) is 16.1. The number of phenols is 1. The van der Waals surface area contributed by atoms with E-state index in [0.29, 0.717) is 49.8 Å². The number of phenolic OH excluding ortho intramolecular Hbond substituents is 1. The molecule has 12 heteroatoms. The first-order valence-electron chi connectivity index (χ1n) is 26.2. The van der Waals surface area contributed by atoms with Crippen LogP contribution >= 0.6 is 0 Å². The van der Waals surface area contributed by atoms with Gasteiger partial charge >= 0.3 is 0 Å². The van der Waals surface area contributed by atoms with E-state index in [-0.39, 0.29) is 78.2 Å². The number of guanidine groups is 1. The summed E-state index contributed by atoms with van der Waals surface area (Å²) in [5.41, 5.74) is 17.9. The number of nitrogens with zero attached hydrogens (tertiary/aromatic N) is 1. The molecule has 11 nitrogen and oxygen atoms in total. The number of fused-ring (bicyclic) bond motifs is 10.